The summed E-state index contributed by atoms with van der Waals surface area (Å²) in [6.07, 6.45) is 0.967. The first-order chi connectivity index (χ1) is 8.30. The van der Waals surface area contributed by atoms with E-state index in [0.717, 1.165) is 24.5 Å². The molecule has 0 aromatic carbocycles. The van der Waals surface area contributed by atoms with Crippen LogP contribution in [-0.4, -0.2) is 16.6 Å². The summed E-state index contributed by atoms with van der Waals surface area (Å²) in [5.74, 6) is 0.974. The number of rotatable bonds is 5. The number of pyridine rings is 1. The van der Waals surface area contributed by atoms with Gasteiger partial charge in [-0.1, -0.05) is 20.8 Å². The molecular weight excluding hydrogens is 222 g/mol. The van der Waals surface area contributed by atoms with Gasteiger partial charge in [0.25, 0.3) is 0 Å². The Morgan fingerprint density at radius 3 is 2.39 bits per heavy atom. The van der Waals surface area contributed by atoms with Gasteiger partial charge in [0.1, 0.15) is 5.82 Å². The lowest BCUT2D eigenvalue weighted by molar-refractivity contribution is 0.587. The molecule has 0 atom stereocenters. The molecule has 0 amide bonds. The summed E-state index contributed by atoms with van der Waals surface area (Å²) in [5, 5.41) is 6.89. The van der Waals surface area contributed by atoms with E-state index in [9.17, 15) is 0 Å². The smallest absolute Gasteiger partial charge is 0.126 e. The van der Waals surface area contributed by atoms with Crippen LogP contribution in [-0.2, 0) is 13.0 Å². The maximum absolute atomic E-state index is 4.63. The summed E-state index contributed by atoms with van der Waals surface area (Å²) in [6, 6.07) is 4.82. The van der Waals surface area contributed by atoms with E-state index in [4.69, 9.17) is 0 Å². The molecular formula is C15H27N3. The van der Waals surface area contributed by atoms with Gasteiger partial charge in [-0.25, -0.2) is 4.98 Å². The van der Waals surface area contributed by atoms with Gasteiger partial charge in [0, 0.05) is 23.8 Å². The molecule has 3 nitrogen and oxygen atoms in total. The predicted octanol–water partition coefficient (Wildman–Crippen LogP) is 3.35. The lowest BCUT2D eigenvalue weighted by Crippen LogP contribution is -2.27. The summed E-state index contributed by atoms with van der Waals surface area (Å²) >= 11 is 0. The first kappa shape index (κ1) is 15.0. The van der Waals surface area contributed by atoms with Crippen LogP contribution in [0, 0.1) is 0 Å². The van der Waals surface area contributed by atoms with E-state index >= 15 is 0 Å². The normalized spacial score (nSPS) is 11.9. The third-order valence-electron chi connectivity index (χ3n) is 2.52. The molecule has 0 radical (unpaired) electrons. The monoisotopic (exact) mass is 249 g/mol. The van der Waals surface area contributed by atoms with Gasteiger partial charge in [0.15, 0.2) is 0 Å². The minimum atomic E-state index is 0.0438. The van der Waals surface area contributed by atoms with Crippen molar-refractivity contribution < 1.29 is 0 Å². The molecule has 0 bridgehead atoms. The number of hydrogen-bond acceptors (Lipinski definition) is 3. The average molecular weight is 249 g/mol. The van der Waals surface area contributed by atoms with Crippen molar-refractivity contribution in [1.29, 1.82) is 0 Å². The predicted molar refractivity (Wildman–Crippen MR) is 79.0 cm³/mol. The summed E-state index contributed by atoms with van der Waals surface area (Å²) in [6.45, 7) is 13.8. The number of nitrogens with one attached hydrogen (secondary N) is 2. The first-order valence-corrected chi connectivity index (χ1v) is 6.81. The Kier molecular flexibility index (Phi) is 5.15. The third kappa shape index (κ3) is 5.50. The van der Waals surface area contributed by atoms with E-state index in [1.54, 1.807) is 0 Å². The van der Waals surface area contributed by atoms with Crippen molar-refractivity contribution in [2.75, 3.05) is 5.32 Å². The van der Waals surface area contributed by atoms with Crippen molar-refractivity contribution in [3.8, 4) is 0 Å². The zero-order valence-corrected chi connectivity index (χ0v) is 12.6. The Bertz CT molecular complexity index is 378. The highest BCUT2D eigenvalue weighted by molar-refractivity contribution is 5.41. The lowest BCUT2D eigenvalue weighted by atomic mass is 10.1. The highest BCUT2D eigenvalue weighted by Gasteiger charge is 2.11. The van der Waals surface area contributed by atoms with Gasteiger partial charge in [-0.05, 0) is 44.9 Å². The lowest BCUT2D eigenvalue weighted by Gasteiger charge is -2.22. The van der Waals surface area contributed by atoms with Crippen LogP contribution in [0.15, 0.2) is 12.1 Å². The zero-order chi connectivity index (χ0) is 13.8. The molecule has 0 spiro atoms. The average Bonchev–Trinajstić information content (AvgIpc) is 2.23. The molecule has 0 aliphatic carbocycles. The fraction of sp³-hybridized carbons (Fsp3) is 0.667. The van der Waals surface area contributed by atoms with Crippen LogP contribution < -0.4 is 10.6 Å². The summed E-state index contributed by atoms with van der Waals surface area (Å²) in [5.41, 5.74) is 2.48. The van der Waals surface area contributed by atoms with Crippen LogP contribution in [0.3, 0.4) is 0 Å². The molecule has 1 aromatic rings. The summed E-state index contributed by atoms with van der Waals surface area (Å²) in [7, 11) is 0. The molecule has 18 heavy (non-hydrogen) atoms. The Morgan fingerprint density at radius 2 is 1.89 bits per heavy atom. The molecule has 1 heterocycles. The topological polar surface area (TPSA) is 37.0 Å². The molecule has 0 aliphatic heterocycles. The first-order valence-electron chi connectivity index (χ1n) is 6.81. The van der Waals surface area contributed by atoms with Crippen LogP contribution in [0.4, 0.5) is 5.82 Å². The second kappa shape index (κ2) is 6.19. The van der Waals surface area contributed by atoms with E-state index in [1.807, 2.05) is 0 Å². The van der Waals surface area contributed by atoms with Gasteiger partial charge in [0.05, 0.1) is 0 Å². The molecule has 3 heteroatoms. The second-order valence-corrected chi connectivity index (χ2v) is 6.12. The maximum atomic E-state index is 4.63. The van der Waals surface area contributed by atoms with Crippen LogP contribution in [0.5, 0.6) is 0 Å². The standard InChI is InChI=1S/C15H27N3/c1-7-13-8-12(10-16-11(2)3)9-14(17-13)18-15(4,5)6/h8-9,11,16H,7,10H2,1-6H3,(H,17,18). The SMILES string of the molecule is CCc1cc(CNC(C)C)cc(NC(C)(C)C)n1. The van der Waals surface area contributed by atoms with Gasteiger partial charge in [0.2, 0.25) is 0 Å². The largest absolute Gasteiger partial charge is 0.365 e. The zero-order valence-electron chi connectivity index (χ0n) is 12.6. The van der Waals surface area contributed by atoms with Crippen LogP contribution >= 0.6 is 0 Å². The summed E-state index contributed by atoms with van der Waals surface area (Å²) in [4.78, 5) is 4.63. The fourth-order valence-electron chi connectivity index (χ4n) is 1.70. The number of aromatic nitrogens is 1. The van der Waals surface area contributed by atoms with Gasteiger partial charge in [-0.3, -0.25) is 0 Å². The van der Waals surface area contributed by atoms with Crippen molar-refractivity contribution in [2.45, 2.75) is 66.1 Å². The Morgan fingerprint density at radius 1 is 1.22 bits per heavy atom. The fourth-order valence-corrected chi connectivity index (χ4v) is 1.70. The molecule has 0 saturated carbocycles. The van der Waals surface area contributed by atoms with Gasteiger partial charge < -0.3 is 10.6 Å². The van der Waals surface area contributed by atoms with Crippen LogP contribution in [0.1, 0.15) is 52.8 Å². The molecule has 102 valence electrons. The molecule has 0 saturated heterocycles. The van der Waals surface area contributed by atoms with E-state index in [0.29, 0.717) is 6.04 Å². The molecule has 2 N–H and O–H groups in total. The van der Waals surface area contributed by atoms with Crippen molar-refractivity contribution >= 4 is 5.82 Å². The number of nitrogens with zero attached hydrogens (tertiary/aromatic N) is 1. The Hall–Kier alpha value is -1.09. The number of anilines is 1. The van der Waals surface area contributed by atoms with Gasteiger partial charge in [-0.15, -0.1) is 0 Å². The molecule has 0 aliphatic rings. The molecule has 0 fully saturated rings. The quantitative estimate of drug-likeness (QED) is 0.840. The second-order valence-electron chi connectivity index (χ2n) is 6.12. The highest BCUT2D eigenvalue weighted by atomic mass is 15.0. The van der Waals surface area contributed by atoms with Crippen molar-refractivity contribution in [3.05, 3.63) is 23.4 Å². The van der Waals surface area contributed by atoms with Gasteiger partial charge >= 0.3 is 0 Å². The maximum Gasteiger partial charge on any atom is 0.126 e. The highest BCUT2D eigenvalue weighted by Crippen LogP contribution is 2.16. The summed E-state index contributed by atoms with van der Waals surface area (Å²) < 4.78 is 0. The molecule has 0 unspecified atom stereocenters. The van der Waals surface area contributed by atoms with Gasteiger partial charge in [-0.2, -0.15) is 0 Å². The van der Waals surface area contributed by atoms with E-state index in [2.05, 4.69) is 69.3 Å². The van der Waals surface area contributed by atoms with Crippen molar-refractivity contribution in [1.82, 2.24) is 10.3 Å². The molecule has 1 rings (SSSR count). The van der Waals surface area contributed by atoms with E-state index in [-0.39, 0.29) is 5.54 Å². The van der Waals surface area contributed by atoms with Crippen LogP contribution in [0.2, 0.25) is 0 Å². The molecule has 1 aromatic heterocycles. The number of hydrogen-bond donors (Lipinski definition) is 2. The third-order valence-corrected chi connectivity index (χ3v) is 2.52. The van der Waals surface area contributed by atoms with Crippen molar-refractivity contribution in [3.63, 3.8) is 0 Å². The van der Waals surface area contributed by atoms with Crippen LogP contribution in [0.25, 0.3) is 0 Å². The van der Waals surface area contributed by atoms with E-state index < -0.39 is 0 Å². The minimum absolute atomic E-state index is 0.0438. The van der Waals surface area contributed by atoms with Crippen molar-refractivity contribution in [2.24, 2.45) is 0 Å². The Balaban J connectivity index is 2.87. The Labute approximate surface area is 111 Å². The minimum Gasteiger partial charge on any atom is -0.365 e. The van der Waals surface area contributed by atoms with E-state index in [1.165, 1.54) is 5.56 Å². The number of aryl methyl sites for hydroxylation is 1.